The Kier molecular flexibility index (Phi) is 4.91. The van der Waals surface area contributed by atoms with Crippen LogP contribution < -0.4 is 5.32 Å². The molecule has 1 aromatic heterocycles. The fourth-order valence-corrected chi connectivity index (χ4v) is 3.47. The molecule has 3 rings (SSSR count). The van der Waals surface area contributed by atoms with Crippen LogP contribution in [0.3, 0.4) is 0 Å². The zero-order valence-electron chi connectivity index (χ0n) is 13.9. The summed E-state index contributed by atoms with van der Waals surface area (Å²) in [6.07, 6.45) is 3.98. The topological polar surface area (TPSA) is 74.7 Å². The molecule has 6 heteroatoms. The summed E-state index contributed by atoms with van der Waals surface area (Å²) in [5.74, 6) is 1.48. The van der Waals surface area contributed by atoms with Crippen molar-refractivity contribution in [2.24, 2.45) is 5.92 Å². The van der Waals surface area contributed by atoms with Gasteiger partial charge in [-0.15, -0.1) is 10.2 Å². The largest absolute Gasteiger partial charge is 0.426 e. The first-order chi connectivity index (χ1) is 11.5. The van der Waals surface area contributed by atoms with Crippen molar-refractivity contribution in [2.75, 3.05) is 0 Å². The minimum absolute atomic E-state index is 0.0906. The second-order valence-electron chi connectivity index (χ2n) is 6.53. The van der Waals surface area contributed by atoms with E-state index in [0.717, 1.165) is 25.7 Å². The molecule has 0 spiro atoms. The molecule has 2 aromatic rings. The summed E-state index contributed by atoms with van der Waals surface area (Å²) in [7, 11) is 0. The number of halogens is 1. The Hall–Kier alpha value is -2.26. The number of nitrogens with one attached hydrogen (secondary N) is 1. The summed E-state index contributed by atoms with van der Waals surface area (Å²) in [6.45, 7) is 3.75. The molecule has 1 heterocycles. The minimum Gasteiger partial charge on any atom is -0.426 e. The van der Waals surface area contributed by atoms with Gasteiger partial charge in [0.1, 0.15) is 5.82 Å². The van der Waals surface area contributed by atoms with Gasteiger partial charge in [-0.3, -0.25) is 0 Å². The third kappa shape index (κ3) is 3.80. The zero-order chi connectivity index (χ0) is 17.1. The highest BCUT2D eigenvalue weighted by molar-refractivity contribution is 5.34. The van der Waals surface area contributed by atoms with Gasteiger partial charge in [0.15, 0.2) is 0 Å². The molecular weight excluding hydrogens is 307 g/mol. The molecule has 1 aliphatic carbocycles. The molecule has 126 valence electrons. The molecule has 0 bridgehead atoms. The Morgan fingerprint density at radius 3 is 2.92 bits per heavy atom. The SMILES string of the molecule is Cc1nnc(C[C@@H]2CC[C@H](NC(C)c3ccc(C#N)cc3F)C2)o1. The van der Waals surface area contributed by atoms with E-state index in [1.807, 2.05) is 13.0 Å². The summed E-state index contributed by atoms with van der Waals surface area (Å²) in [4.78, 5) is 0. The molecule has 0 aliphatic heterocycles. The molecule has 24 heavy (non-hydrogen) atoms. The van der Waals surface area contributed by atoms with E-state index < -0.39 is 0 Å². The van der Waals surface area contributed by atoms with Crippen LogP contribution in [0.4, 0.5) is 4.39 Å². The Balaban J connectivity index is 1.56. The van der Waals surface area contributed by atoms with E-state index >= 15 is 0 Å². The number of rotatable bonds is 5. The number of hydrogen-bond donors (Lipinski definition) is 1. The lowest BCUT2D eigenvalue weighted by molar-refractivity contribution is 0.399. The number of hydrogen-bond acceptors (Lipinski definition) is 5. The molecule has 0 saturated heterocycles. The van der Waals surface area contributed by atoms with Crippen molar-refractivity contribution < 1.29 is 8.81 Å². The number of benzene rings is 1. The van der Waals surface area contributed by atoms with Crippen LogP contribution in [-0.2, 0) is 6.42 Å². The lowest BCUT2D eigenvalue weighted by Gasteiger charge is -2.20. The highest BCUT2D eigenvalue weighted by Gasteiger charge is 2.27. The second kappa shape index (κ2) is 7.10. The van der Waals surface area contributed by atoms with Crippen molar-refractivity contribution >= 4 is 0 Å². The van der Waals surface area contributed by atoms with E-state index in [-0.39, 0.29) is 11.9 Å². The van der Waals surface area contributed by atoms with Crippen molar-refractivity contribution in [3.05, 3.63) is 46.9 Å². The van der Waals surface area contributed by atoms with E-state index in [9.17, 15) is 4.39 Å². The third-order valence-corrected chi connectivity index (χ3v) is 4.65. The van der Waals surface area contributed by atoms with Crippen LogP contribution >= 0.6 is 0 Å². The molecule has 1 unspecified atom stereocenters. The van der Waals surface area contributed by atoms with Gasteiger partial charge in [0.2, 0.25) is 11.8 Å². The summed E-state index contributed by atoms with van der Waals surface area (Å²) in [5, 5.41) is 20.2. The van der Waals surface area contributed by atoms with Gasteiger partial charge in [0.25, 0.3) is 0 Å². The lowest BCUT2D eigenvalue weighted by atomic mass is 10.0. The van der Waals surface area contributed by atoms with E-state index in [1.54, 1.807) is 19.1 Å². The number of aryl methyl sites for hydroxylation is 1. The van der Waals surface area contributed by atoms with Gasteiger partial charge in [-0.25, -0.2) is 4.39 Å². The van der Waals surface area contributed by atoms with Gasteiger partial charge < -0.3 is 9.73 Å². The summed E-state index contributed by atoms with van der Waals surface area (Å²) < 4.78 is 19.6. The maximum atomic E-state index is 14.1. The first-order valence-corrected chi connectivity index (χ1v) is 8.29. The third-order valence-electron chi connectivity index (χ3n) is 4.65. The molecule has 3 atom stereocenters. The van der Waals surface area contributed by atoms with Crippen LogP contribution in [-0.4, -0.2) is 16.2 Å². The molecule has 0 amide bonds. The lowest BCUT2D eigenvalue weighted by Crippen LogP contribution is -2.30. The average Bonchev–Trinajstić information content (AvgIpc) is 3.16. The Morgan fingerprint density at radius 2 is 2.25 bits per heavy atom. The van der Waals surface area contributed by atoms with Crippen LogP contribution in [0.25, 0.3) is 0 Å². The Morgan fingerprint density at radius 1 is 1.42 bits per heavy atom. The van der Waals surface area contributed by atoms with Crippen LogP contribution in [0.15, 0.2) is 22.6 Å². The van der Waals surface area contributed by atoms with Crippen molar-refractivity contribution in [1.29, 1.82) is 5.26 Å². The fraction of sp³-hybridized carbons (Fsp3) is 0.500. The molecule has 1 aliphatic rings. The predicted molar refractivity (Wildman–Crippen MR) is 86.5 cm³/mol. The standard InChI is InChI=1S/C18H21FN4O/c1-11(16-6-4-14(10-20)8-17(16)19)21-15-5-3-13(7-15)9-18-23-22-12(2)24-18/h4,6,8,11,13,15,21H,3,5,7,9H2,1-2H3/t11?,13-,15+/m1/s1. The first kappa shape index (κ1) is 16.6. The van der Waals surface area contributed by atoms with Crippen LogP contribution in [0.2, 0.25) is 0 Å². The maximum absolute atomic E-state index is 14.1. The van der Waals surface area contributed by atoms with Gasteiger partial charge in [-0.2, -0.15) is 5.26 Å². The molecule has 0 radical (unpaired) electrons. The minimum atomic E-state index is -0.329. The quantitative estimate of drug-likeness (QED) is 0.910. The zero-order valence-corrected chi connectivity index (χ0v) is 13.9. The van der Waals surface area contributed by atoms with Crippen molar-refractivity contribution in [1.82, 2.24) is 15.5 Å². The van der Waals surface area contributed by atoms with E-state index in [4.69, 9.17) is 9.68 Å². The van der Waals surface area contributed by atoms with E-state index in [2.05, 4.69) is 15.5 Å². The van der Waals surface area contributed by atoms with Crippen LogP contribution in [0.1, 0.15) is 55.1 Å². The summed E-state index contributed by atoms with van der Waals surface area (Å²) >= 11 is 0. The van der Waals surface area contributed by atoms with Gasteiger partial charge >= 0.3 is 0 Å². The Labute approximate surface area is 140 Å². The summed E-state index contributed by atoms with van der Waals surface area (Å²) in [5.41, 5.74) is 0.948. The molecule has 5 nitrogen and oxygen atoms in total. The molecular formula is C18H21FN4O. The average molecular weight is 328 g/mol. The highest BCUT2D eigenvalue weighted by atomic mass is 19.1. The molecule has 1 fully saturated rings. The highest BCUT2D eigenvalue weighted by Crippen LogP contribution is 2.30. The van der Waals surface area contributed by atoms with Crippen LogP contribution in [0.5, 0.6) is 0 Å². The predicted octanol–water partition coefficient (Wildman–Crippen LogP) is 3.45. The molecule has 1 aromatic carbocycles. The Bertz CT molecular complexity index is 752. The van der Waals surface area contributed by atoms with E-state index in [0.29, 0.717) is 34.9 Å². The van der Waals surface area contributed by atoms with Gasteiger partial charge in [-0.05, 0) is 44.2 Å². The van der Waals surface area contributed by atoms with Crippen molar-refractivity contribution in [3.8, 4) is 6.07 Å². The smallest absolute Gasteiger partial charge is 0.216 e. The number of aromatic nitrogens is 2. The monoisotopic (exact) mass is 328 g/mol. The van der Waals surface area contributed by atoms with E-state index in [1.165, 1.54) is 6.07 Å². The maximum Gasteiger partial charge on any atom is 0.216 e. The normalized spacial score (nSPS) is 21.6. The number of nitrogens with zero attached hydrogens (tertiary/aromatic N) is 3. The number of nitriles is 1. The van der Waals surface area contributed by atoms with Gasteiger partial charge in [0, 0.05) is 31.0 Å². The van der Waals surface area contributed by atoms with Crippen LogP contribution in [0, 0.1) is 30.0 Å². The summed E-state index contributed by atoms with van der Waals surface area (Å²) in [6, 6.07) is 6.86. The van der Waals surface area contributed by atoms with Crippen molar-refractivity contribution in [3.63, 3.8) is 0 Å². The second-order valence-corrected chi connectivity index (χ2v) is 6.53. The fourth-order valence-electron chi connectivity index (χ4n) is 3.47. The molecule has 1 N–H and O–H groups in total. The molecule has 1 saturated carbocycles. The van der Waals surface area contributed by atoms with Gasteiger partial charge in [0.05, 0.1) is 11.6 Å². The van der Waals surface area contributed by atoms with Gasteiger partial charge in [-0.1, -0.05) is 6.07 Å². The first-order valence-electron chi connectivity index (χ1n) is 8.29. The van der Waals surface area contributed by atoms with Crippen molar-refractivity contribution in [2.45, 2.75) is 51.6 Å².